The zero-order valence-electron chi connectivity index (χ0n) is 21.4. The molecule has 2 aromatic rings. The lowest BCUT2D eigenvalue weighted by molar-refractivity contribution is 0.173. The van der Waals surface area contributed by atoms with Crippen LogP contribution in [-0.4, -0.2) is 84.7 Å². The summed E-state index contributed by atoms with van der Waals surface area (Å²) in [6.07, 6.45) is 4.52. The molecule has 0 bridgehead atoms. The molecular weight excluding hydrogens is 440 g/mol. The van der Waals surface area contributed by atoms with Crippen LogP contribution in [0.25, 0.3) is 11.1 Å². The highest BCUT2D eigenvalue weighted by atomic mass is 16.5. The molecule has 2 aliphatic heterocycles. The Labute approximate surface area is 210 Å². The molecular formula is C29H42N2O4. The van der Waals surface area contributed by atoms with Gasteiger partial charge in [0.25, 0.3) is 0 Å². The van der Waals surface area contributed by atoms with E-state index in [1.807, 2.05) is 6.07 Å². The van der Waals surface area contributed by atoms with Gasteiger partial charge in [-0.3, -0.25) is 0 Å². The first kappa shape index (κ1) is 26.0. The molecule has 2 fully saturated rings. The van der Waals surface area contributed by atoms with Crippen LogP contribution < -0.4 is 9.47 Å². The minimum absolute atomic E-state index is 0.145. The number of ether oxygens (including phenoxy) is 2. The fourth-order valence-corrected chi connectivity index (χ4v) is 5.25. The van der Waals surface area contributed by atoms with Gasteiger partial charge in [0.2, 0.25) is 0 Å². The Balaban J connectivity index is 1.29. The molecule has 0 aromatic heterocycles. The van der Waals surface area contributed by atoms with Crippen LogP contribution in [0.15, 0.2) is 36.4 Å². The molecule has 0 unspecified atom stereocenters. The quantitative estimate of drug-likeness (QED) is 0.446. The molecule has 2 aromatic carbocycles. The van der Waals surface area contributed by atoms with Crippen molar-refractivity contribution in [1.82, 2.24) is 9.80 Å². The lowest BCUT2D eigenvalue weighted by Gasteiger charge is -2.18. The third-order valence-electron chi connectivity index (χ3n) is 7.36. The van der Waals surface area contributed by atoms with Crippen molar-refractivity contribution in [1.29, 1.82) is 0 Å². The minimum Gasteiger partial charge on any atom is -0.493 e. The number of unbranched alkanes of at least 4 members (excludes halogenated alkanes) is 1. The molecule has 2 atom stereocenters. The van der Waals surface area contributed by atoms with Gasteiger partial charge in [-0.05, 0) is 86.9 Å². The van der Waals surface area contributed by atoms with Crippen LogP contribution in [0.2, 0.25) is 0 Å². The van der Waals surface area contributed by atoms with E-state index in [4.69, 9.17) is 9.47 Å². The number of nitrogens with zero attached hydrogens (tertiary/aromatic N) is 2. The topological polar surface area (TPSA) is 65.4 Å². The fraction of sp³-hybridized carbons (Fsp3) is 0.586. The van der Waals surface area contributed by atoms with Crippen LogP contribution in [0, 0.1) is 13.8 Å². The van der Waals surface area contributed by atoms with Gasteiger partial charge >= 0.3 is 0 Å². The van der Waals surface area contributed by atoms with Crippen LogP contribution in [0.3, 0.4) is 0 Å². The Morgan fingerprint density at radius 2 is 1.20 bits per heavy atom. The highest BCUT2D eigenvalue weighted by Gasteiger charge is 2.20. The number of aliphatic hydroxyl groups excluding tert-OH is 2. The summed E-state index contributed by atoms with van der Waals surface area (Å²) < 4.78 is 12.3. The van der Waals surface area contributed by atoms with Crippen molar-refractivity contribution in [2.75, 3.05) is 52.5 Å². The van der Waals surface area contributed by atoms with E-state index in [0.29, 0.717) is 13.2 Å². The van der Waals surface area contributed by atoms with E-state index in [2.05, 4.69) is 54.0 Å². The molecule has 35 heavy (non-hydrogen) atoms. The van der Waals surface area contributed by atoms with Crippen LogP contribution in [0.4, 0.5) is 0 Å². The summed E-state index contributed by atoms with van der Waals surface area (Å²) in [5.74, 6) is 1.87. The maximum absolute atomic E-state index is 9.68. The molecule has 192 valence electrons. The van der Waals surface area contributed by atoms with Gasteiger partial charge in [-0.15, -0.1) is 0 Å². The van der Waals surface area contributed by atoms with Crippen molar-refractivity contribution < 1.29 is 19.7 Å². The summed E-state index contributed by atoms with van der Waals surface area (Å²) in [4.78, 5) is 4.65. The first-order chi connectivity index (χ1) is 17.0. The fourth-order valence-electron chi connectivity index (χ4n) is 5.25. The summed E-state index contributed by atoms with van der Waals surface area (Å²) in [5, 5.41) is 19.3. The van der Waals surface area contributed by atoms with Gasteiger partial charge < -0.3 is 29.5 Å². The van der Waals surface area contributed by atoms with Gasteiger partial charge in [-0.2, -0.15) is 0 Å². The van der Waals surface area contributed by atoms with Crippen LogP contribution in [-0.2, 0) is 0 Å². The average Bonchev–Trinajstić information content (AvgIpc) is 3.46. The normalized spacial score (nSPS) is 21.0. The van der Waals surface area contributed by atoms with Gasteiger partial charge in [0, 0.05) is 32.7 Å². The number of aliphatic hydroxyl groups is 2. The van der Waals surface area contributed by atoms with E-state index in [-0.39, 0.29) is 12.2 Å². The zero-order chi connectivity index (χ0) is 24.6. The van der Waals surface area contributed by atoms with E-state index in [9.17, 15) is 10.2 Å². The first-order valence-corrected chi connectivity index (χ1v) is 13.3. The van der Waals surface area contributed by atoms with Crippen LogP contribution in [0.5, 0.6) is 11.5 Å². The van der Waals surface area contributed by atoms with Crippen molar-refractivity contribution >= 4 is 0 Å². The first-order valence-electron chi connectivity index (χ1n) is 13.3. The van der Waals surface area contributed by atoms with Crippen molar-refractivity contribution in [3.05, 3.63) is 47.5 Å². The van der Waals surface area contributed by atoms with Crippen molar-refractivity contribution in [2.45, 2.75) is 58.2 Å². The van der Waals surface area contributed by atoms with Crippen molar-refractivity contribution in [3.8, 4) is 22.6 Å². The molecule has 0 amide bonds. The SMILES string of the molecule is Cc1c(OCCCCN2CC[C@@H](O)C2)cccc1-c1cccc(OCCCN2CC[C@@H](O)C2)c1C. The van der Waals surface area contributed by atoms with Gasteiger partial charge in [0.15, 0.2) is 0 Å². The molecule has 0 aliphatic carbocycles. The average molecular weight is 483 g/mol. The molecule has 0 radical (unpaired) electrons. The largest absolute Gasteiger partial charge is 0.493 e. The van der Waals surface area contributed by atoms with E-state index in [0.717, 1.165) is 94.0 Å². The summed E-state index contributed by atoms with van der Waals surface area (Å²) in [6, 6.07) is 12.6. The lowest BCUT2D eigenvalue weighted by Crippen LogP contribution is -2.24. The number of benzene rings is 2. The van der Waals surface area contributed by atoms with Gasteiger partial charge in [0.05, 0.1) is 25.4 Å². The van der Waals surface area contributed by atoms with E-state index in [1.165, 1.54) is 11.1 Å². The standard InChI is InChI=1S/C29H42N2O4/c1-22-26(8-5-10-28(22)34-18-4-3-14-30-16-12-24(32)20-30)27-9-6-11-29(23(27)2)35-19-7-15-31-17-13-25(33)21-31/h5-6,8-11,24-25,32-33H,3-4,7,12-21H2,1-2H3/t24-,25-/m1/s1. The summed E-state index contributed by atoms with van der Waals surface area (Å²) in [6.45, 7) is 11.2. The maximum atomic E-state index is 9.68. The third-order valence-corrected chi connectivity index (χ3v) is 7.36. The molecule has 2 N–H and O–H groups in total. The number of hydrogen-bond donors (Lipinski definition) is 2. The Morgan fingerprint density at radius 3 is 1.69 bits per heavy atom. The van der Waals surface area contributed by atoms with Crippen LogP contribution in [0.1, 0.15) is 43.2 Å². The molecule has 0 spiro atoms. The minimum atomic E-state index is -0.164. The Bertz CT molecular complexity index is 950. The summed E-state index contributed by atoms with van der Waals surface area (Å²) in [5.41, 5.74) is 4.67. The molecule has 6 nitrogen and oxygen atoms in total. The van der Waals surface area contributed by atoms with Gasteiger partial charge in [-0.25, -0.2) is 0 Å². The molecule has 2 aliphatic rings. The molecule has 0 saturated carbocycles. The van der Waals surface area contributed by atoms with Gasteiger partial charge in [0.1, 0.15) is 11.5 Å². The Hall–Kier alpha value is -2.12. The number of hydrogen-bond acceptors (Lipinski definition) is 6. The molecule has 2 heterocycles. The number of likely N-dealkylation sites (tertiary alicyclic amines) is 2. The number of β-amino-alcohol motifs (C(OH)–C–C–N with tert-alkyl or cyclic N) is 2. The van der Waals surface area contributed by atoms with Crippen LogP contribution >= 0.6 is 0 Å². The Morgan fingerprint density at radius 1 is 0.714 bits per heavy atom. The lowest BCUT2D eigenvalue weighted by atomic mass is 9.95. The number of rotatable bonds is 12. The summed E-state index contributed by atoms with van der Waals surface area (Å²) in [7, 11) is 0. The zero-order valence-corrected chi connectivity index (χ0v) is 21.4. The monoisotopic (exact) mass is 482 g/mol. The Kier molecular flexibility index (Phi) is 9.44. The van der Waals surface area contributed by atoms with Gasteiger partial charge in [-0.1, -0.05) is 24.3 Å². The second kappa shape index (κ2) is 12.7. The molecule has 6 heteroatoms. The molecule has 4 rings (SSSR count). The highest BCUT2D eigenvalue weighted by Crippen LogP contribution is 2.35. The van der Waals surface area contributed by atoms with E-state index < -0.39 is 0 Å². The van der Waals surface area contributed by atoms with E-state index in [1.54, 1.807) is 0 Å². The maximum Gasteiger partial charge on any atom is 0.122 e. The molecule has 2 saturated heterocycles. The summed E-state index contributed by atoms with van der Waals surface area (Å²) >= 11 is 0. The second-order valence-electron chi connectivity index (χ2n) is 10.1. The third kappa shape index (κ3) is 7.20. The highest BCUT2D eigenvalue weighted by molar-refractivity contribution is 5.74. The van der Waals surface area contributed by atoms with Crippen molar-refractivity contribution in [2.24, 2.45) is 0 Å². The predicted octanol–water partition coefficient (Wildman–Crippen LogP) is 4.03. The second-order valence-corrected chi connectivity index (χ2v) is 10.1. The predicted molar refractivity (Wildman–Crippen MR) is 140 cm³/mol. The van der Waals surface area contributed by atoms with E-state index >= 15 is 0 Å². The van der Waals surface area contributed by atoms with Crippen molar-refractivity contribution in [3.63, 3.8) is 0 Å². The smallest absolute Gasteiger partial charge is 0.122 e.